The standard InChI is InChI=1S/C34H41FN2O6/c1-3-41-28-19-23(20-29(42-4-2)30(28)24-5-9-26(35)10-6-24)21-36-17-15-33(16-18-36)22-37(32(40)43-33)27-11-7-25(8-12-27)34(13-14-34)31(38)39/h5-11,19-20,27,32,40H,3-4,12-18,21-22H2,1-2H3,(H,38,39). The number of piperidine rings is 1. The van der Waals surface area contributed by atoms with E-state index in [-0.39, 0.29) is 11.9 Å². The number of aliphatic carboxylic acids is 1. The number of hydrogen-bond acceptors (Lipinski definition) is 7. The van der Waals surface area contributed by atoms with Gasteiger partial charge in [-0.1, -0.05) is 30.4 Å². The van der Waals surface area contributed by atoms with Crippen LogP contribution in [0.4, 0.5) is 4.39 Å². The van der Waals surface area contributed by atoms with Crippen LogP contribution in [0.5, 0.6) is 11.5 Å². The van der Waals surface area contributed by atoms with Crippen LogP contribution in [0.15, 0.2) is 60.2 Å². The molecule has 230 valence electrons. The number of aliphatic hydroxyl groups is 1. The number of rotatable bonds is 10. The van der Waals surface area contributed by atoms with Crippen molar-refractivity contribution in [3.63, 3.8) is 0 Å². The van der Waals surface area contributed by atoms with E-state index in [0.717, 1.165) is 66.2 Å². The van der Waals surface area contributed by atoms with Gasteiger partial charge in [0.15, 0.2) is 0 Å². The lowest BCUT2D eigenvalue weighted by molar-refractivity contribution is -0.189. The van der Waals surface area contributed by atoms with Gasteiger partial charge in [-0.15, -0.1) is 0 Å². The van der Waals surface area contributed by atoms with Crippen molar-refractivity contribution in [3.8, 4) is 22.6 Å². The summed E-state index contributed by atoms with van der Waals surface area (Å²) >= 11 is 0. The minimum absolute atomic E-state index is 0.0191. The van der Waals surface area contributed by atoms with Gasteiger partial charge in [0.2, 0.25) is 6.41 Å². The highest BCUT2D eigenvalue weighted by Crippen LogP contribution is 2.53. The molecule has 0 bridgehead atoms. The van der Waals surface area contributed by atoms with Crippen LogP contribution in [0, 0.1) is 11.2 Å². The van der Waals surface area contributed by atoms with E-state index in [1.54, 1.807) is 12.1 Å². The van der Waals surface area contributed by atoms with Crippen LogP contribution in [0.2, 0.25) is 0 Å². The first-order valence-electron chi connectivity index (χ1n) is 15.4. The molecular formula is C34H41FN2O6. The molecule has 43 heavy (non-hydrogen) atoms. The zero-order valence-corrected chi connectivity index (χ0v) is 24.9. The molecule has 0 amide bonds. The van der Waals surface area contributed by atoms with Gasteiger partial charge < -0.3 is 24.4 Å². The molecule has 2 saturated heterocycles. The third kappa shape index (κ3) is 5.96. The number of hydrogen-bond donors (Lipinski definition) is 2. The van der Waals surface area contributed by atoms with E-state index in [2.05, 4.69) is 17.0 Å². The summed E-state index contributed by atoms with van der Waals surface area (Å²) in [5.41, 5.74) is 2.52. The van der Waals surface area contributed by atoms with Gasteiger partial charge in [-0.25, -0.2) is 9.29 Å². The van der Waals surface area contributed by atoms with Crippen molar-refractivity contribution < 1.29 is 33.6 Å². The summed E-state index contributed by atoms with van der Waals surface area (Å²) in [6.07, 6.45) is 8.65. The van der Waals surface area contributed by atoms with Crippen molar-refractivity contribution in [3.05, 3.63) is 71.6 Å². The van der Waals surface area contributed by atoms with Crippen LogP contribution in [0.25, 0.3) is 11.1 Å². The number of nitrogens with zero attached hydrogens (tertiary/aromatic N) is 2. The lowest BCUT2D eigenvalue weighted by atomic mass is 9.88. The zero-order valence-electron chi connectivity index (χ0n) is 24.9. The van der Waals surface area contributed by atoms with Crippen LogP contribution in [-0.2, 0) is 16.1 Å². The molecule has 2 heterocycles. The van der Waals surface area contributed by atoms with Gasteiger partial charge in [0.1, 0.15) is 17.3 Å². The van der Waals surface area contributed by atoms with E-state index in [1.807, 2.05) is 37.0 Å². The Kier molecular flexibility index (Phi) is 8.35. The number of likely N-dealkylation sites (tertiary alicyclic amines) is 1. The molecule has 1 spiro atoms. The molecule has 9 heteroatoms. The fourth-order valence-corrected chi connectivity index (χ4v) is 6.81. The first-order valence-corrected chi connectivity index (χ1v) is 15.4. The molecule has 0 radical (unpaired) electrons. The van der Waals surface area contributed by atoms with Gasteiger partial charge >= 0.3 is 5.97 Å². The van der Waals surface area contributed by atoms with Crippen molar-refractivity contribution in [2.45, 2.75) is 70.6 Å². The van der Waals surface area contributed by atoms with E-state index < -0.39 is 23.4 Å². The Bertz CT molecular complexity index is 1370. The molecule has 2 aromatic carbocycles. The average molecular weight is 593 g/mol. The molecule has 2 aliphatic carbocycles. The summed E-state index contributed by atoms with van der Waals surface area (Å²) in [4.78, 5) is 16.1. The second kappa shape index (κ2) is 12.0. The maximum atomic E-state index is 13.6. The molecule has 2 atom stereocenters. The van der Waals surface area contributed by atoms with E-state index in [4.69, 9.17) is 14.2 Å². The third-order valence-electron chi connectivity index (χ3n) is 9.36. The molecule has 2 unspecified atom stereocenters. The summed E-state index contributed by atoms with van der Waals surface area (Å²) in [5, 5.41) is 20.5. The first-order chi connectivity index (χ1) is 20.8. The van der Waals surface area contributed by atoms with Gasteiger partial charge in [-0.3, -0.25) is 9.69 Å². The summed E-state index contributed by atoms with van der Waals surface area (Å²) in [5.74, 6) is 0.402. The fourth-order valence-electron chi connectivity index (χ4n) is 6.81. The maximum Gasteiger partial charge on any atom is 0.314 e. The highest BCUT2D eigenvalue weighted by atomic mass is 19.1. The number of carboxylic acid groups (broad SMARTS) is 1. The molecule has 4 aliphatic rings. The molecule has 2 aliphatic heterocycles. The predicted octanol–water partition coefficient (Wildman–Crippen LogP) is 5.35. The molecule has 6 rings (SSSR count). The lowest BCUT2D eigenvalue weighted by Crippen LogP contribution is -2.47. The van der Waals surface area contributed by atoms with E-state index in [0.29, 0.717) is 39.0 Å². The Morgan fingerprint density at radius 3 is 2.23 bits per heavy atom. The van der Waals surface area contributed by atoms with Crippen LogP contribution in [0.3, 0.4) is 0 Å². The minimum Gasteiger partial charge on any atom is -0.493 e. The SMILES string of the molecule is CCOc1cc(CN2CCC3(CC2)CN(C2C=CC(C4(C(=O)O)CC4)=CC2)C(O)O3)cc(OCC)c1-c1ccc(F)cc1. The number of aliphatic hydroxyl groups excluding tert-OH is 1. The predicted molar refractivity (Wildman–Crippen MR) is 160 cm³/mol. The van der Waals surface area contributed by atoms with Crippen molar-refractivity contribution in [1.29, 1.82) is 0 Å². The number of halogens is 1. The Balaban J connectivity index is 1.11. The van der Waals surface area contributed by atoms with Crippen LogP contribution in [-0.4, -0.2) is 76.9 Å². The lowest BCUT2D eigenvalue weighted by Gasteiger charge is -2.38. The quantitative estimate of drug-likeness (QED) is 0.382. The molecule has 8 nitrogen and oxygen atoms in total. The van der Waals surface area contributed by atoms with Gasteiger partial charge in [0.25, 0.3) is 0 Å². The fraction of sp³-hybridized carbons (Fsp3) is 0.500. The number of carboxylic acids is 1. The maximum absolute atomic E-state index is 13.6. The van der Waals surface area contributed by atoms with Gasteiger partial charge in [-0.2, -0.15) is 0 Å². The second-order valence-electron chi connectivity index (χ2n) is 12.1. The number of benzene rings is 2. The number of allylic oxidation sites excluding steroid dienone is 1. The average Bonchev–Trinajstić information content (AvgIpc) is 3.75. The van der Waals surface area contributed by atoms with Crippen LogP contribution < -0.4 is 9.47 Å². The molecule has 3 fully saturated rings. The summed E-state index contributed by atoms with van der Waals surface area (Å²) in [6, 6.07) is 10.5. The van der Waals surface area contributed by atoms with Crippen molar-refractivity contribution >= 4 is 5.97 Å². The topological polar surface area (TPSA) is 91.7 Å². The normalized spacial score (nSPS) is 24.6. The molecular weight excluding hydrogens is 551 g/mol. The van der Waals surface area contributed by atoms with Gasteiger partial charge in [-0.05, 0) is 86.9 Å². The summed E-state index contributed by atoms with van der Waals surface area (Å²) < 4.78 is 32.0. The minimum atomic E-state index is -0.980. The van der Waals surface area contributed by atoms with Crippen molar-refractivity contribution in [1.82, 2.24) is 9.80 Å². The Morgan fingerprint density at radius 1 is 1.05 bits per heavy atom. The van der Waals surface area contributed by atoms with Crippen molar-refractivity contribution in [2.75, 3.05) is 32.8 Å². The molecule has 0 aromatic heterocycles. The largest absolute Gasteiger partial charge is 0.493 e. The number of ether oxygens (including phenoxy) is 3. The molecule has 1 saturated carbocycles. The monoisotopic (exact) mass is 592 g/mol. The van der Waals surface area contributed by atoms with Gasteiger partial charge in [0, 0.05) is 32.2 Å². The van der Waals surface area contributed by atoms with Crippen molar-refractivity contribution in [2.24, 2.45) is 5.41 Å². The Morgan fingerprint density at radius 2 is 1.70 bits per heavy atom. The van der Waals surface area contributed by atoms with E-state index in [9.17, 15) is 19.4 Å². The van der Waals surface area contributed by atoms with Gasteiger partial charge in [0.05, 0.1) is 29.8 Å². The van der Waals surface area contributed by atoms with Crippen LogP contribution in [0.1, 0.15) is 51.5 Å². The Labute approximate surface area is 252 Å². The second-order valence-corrected chi connectivity index (χ2v) is 12.1. The van der Waals surface area contributed by atoms with E-state index in [1.165, 1.54) is 12.1 Å². The Hall–Kier alpha value is -3.24. The smallest absolute Gasteiger partial charge is 0.314 e. The highest BCUT2D eigenvalue weighted by Gasteiger charge is 2.53. The molecule has 2 N–H and O–H groups in total. The first kappa shape index (κ1) is 29.8. The zero-order chi connectivity index (χ0) is 30.2. The number of carbonyl (C=O) groups is 1. The van der Waals surface area contributed by atoms with E-state index >= 15 is 0 Å². The molecule has 2 aromatic rings. The third-order valence-corrected chi connectivity index (χ3v) is 9.36. The summed E-state index contributed by atoms with van der Waals surface area (Å²) in [7, 11) is 0. The highest BCUT2D eigenvalue weighted by molar-refractivity contribution is 5.83. The van der Waals surface area contributed by atoms with Crippen LogP contribution >= 0.6 is 0 Å². The summed E-state index contributed by atoms with van der Waals surface area (Å²) in [6.45, 7) is 7.89.